The molecule has 3 aromatic carbocycles. The van der Waals surface area contributed by atoms with E-state index in [1.807, 2.05) is 48.7 Å². The molecule has 5 heteroatoms. The number of hydrogen-bond donors (Lipinski definition) is 2. The van der Waals surface area contributed by atoms with E-state index < -0.39 is 0 Å². The monoisotopic (exact) mass is 382 g/mol. The lowest BCUT2D eigenvalue weighted by molar-refractivity contribution is 0.631. The molecule has 29 heavy (non-hydrogen) atoms. The highest BCUT2D eigenvalue weighted by atomic mass is 16.1. The molecule has 0 spiro atoms. The van der Waals surface area contributed by atoms with Crippen molar-refractivity contribution in [3.8, 4) is 11.3 Å². The van der Waals surface area contributed by atoms with Crippen LogP contribution in [-0.4, -0.2) is 21.1 Å². The van der Waals surface area contributed by atoms with Crippen LogP contribution in [0.3, 0.4) is 0 Å². The van der Waals surface area contributed by atoms with Crippen LogP contribution in [0.4, 0.5) is 0 Å². The van der Waals surface area contributed by atoms with E-state index in [0.717, 1.165) is 57.7 Å². The highest BCUT2D eigenvalue weighted by Gasteiger charge is 2.15. The smallest absolute Gasteiger partial charge is 0.275 e. The van der Waals surface area contributed by atoms with Crippen molar-refractivity contribution in [3.05, 3.63) is 77.2 Å². The van der Waals surface area contributed by atoms with E-state index in [4.69, 9.17) is 10.7 Å². The summed E-state index contributed by atoms with van der Waals surface area (Å²) in [5, 5.41) is 3.23. The van der Waals surface area contributed by atoms with Gasteiger partial charge in [0.05, 0.1) is 11.0 Å². The Kier molecular flexibility index (Phi) is 4.37. The van der Waals surface area contributed by atoms with Crippen molar-refractivity contribution in [1.82, 2.24) is 14.5 Å². The predicted molar refractivity (Wildman–Crippen MR) is 119 cm³/mol. The summed E-state index contributed by atoms with van der Waals surface area (Å²) in [6.45, 7) is 1.56. The first kappa shape index (κ1) is 17.6. The summed E-state index contributed by atoms with van der Waals surface area (Å²) in [6, 6.07) is 20.3. The molecule has 2 heterocycles. The van der Waals surface area contributed by atoms with E-state index in [2.05, 4.69) is 27.8 Å². The summed E-state index contributed by atoms with van der Waals surface area (Å²) >= 11 is 0. The average molecular weight is 382 g/mol. The number of aromatic amines is 1. The summed E-state index contributed by atoms with van der Waals surface area (Å²) in [7, 11) is 0. The zero-order valence-electron chi connectivity index (χ0n) is 16.1. The average Bonchev–Trinajstić information content (AvgIpc) is 3.11. The Morgan fingerprint density at radius 1 is 0.966 bits per heavy atom. The molecule has 144 valence electrons. The van der Waals surface area contributed by atoms with E-state index >= 15 is 0 Å². The van der Waals surface area contributed by atoms with Crippen molar-refractivity contribution in [1.29, 1.82) is 0 Å². The van der Waals surface area contributed by atoms with Crippen LogP contribution < -0.4 is 11.3 Å². The van der Waals surface area contributed by atoms with E-state index in [1.165, 1.54) is 0 Å². The van der Waals surface area contributed by atoms with Gasteiger partial charge in [0.1, 0.15) is 5.69 Å². The molecule has 0 aliphatic carbocycles. The van der Waals surface area contributed by atoms with Crippen molar-refractivity contribution in [3.63, 3.8) is 0 Å². The van der Waals surface area contributed by atoms with Gasteiger partial charge >= 0.3 is 0 Å². The van der Waals surface area contributed by atoms with Crippen LogP contribution in [0.1, 0.15) is 12.8 Å². The fraction of sp³-hybridized carbons (Fsp3) is 0.167. The molecule has 3 N–H and O–H groups in total. The number of H-pyrrole nitrogens is 1. The molecule has 0 amide bonds. The Morgan fingerprint density at radius 3 is 2.55 bits per heavy atom. The molecule has 0 aliphatic rings. The maximum atomic E-state index is 12.9. The minimum Gasteiger partial charge on any atom is -0.347 e. The quantitative estimate of drug-likeness (QED) is 0.349. The molecule has 0 radical (unpaired) electrons. The van der Waals surface area contributed by atoms with Gasteiger partial charge in [-0.25, -0.2) is 4.98 Å². The van der Waals surface area contributed by atoms with E-state index in [9.17, 15) is 4.79 Å². The second-order valence-corrected chi connectivity index (χ2v) is 7.38. The van der Waals surface area contributed by atoms with Crippen molar-refractivity contribution in [2.24, 2.45) is 5.73 Å². The number of aryl methyl sites for hydroxylation is 1. The van der Waals surface area contributed by atoms with Gasteiger partial charge in [-0.05, 0) is 48.4 Å². The Morgan fingerprint density at radius 2 is 1.72 bits per heavy atom. The van der Waals surface area contributed by atoms with Gasteiger partial charge < -0.3 is 15.3 Å². The molecule has 5 rings (SSSR count). The molecule has 0 unspecified atom stereocenters. The molecule has 0 aliphatic heterocycles. The first-order chi connectivity index (χ1) is 14.2. The standard InChI is InChI=1S/C24H22N4O/c25-11-5-6-12-28-15-19(18-9-3-4-10-22(18)28)23-24(29)27-21-14-17-8-2-1-7-16(17)13-20(21)26-23/h1-4,7-10,13-15H,5-6,11-12,25H2,(H,27,29). The fourth-order valence-corrected chi connectivity index (χ4v) is 4.00. The van der Waals surface area contributed by atoms with Crippen LogP contribution in [0.5, 0.6) is 0 Å². The molecule has 0 fully saturated rings. The maximum Gasteiger partial charge on any atom is 0.275 e. The summed E-state index contributed by atoms with van der Waals surface area (Å²) in [5.41, 5.74) is 9.46. The second kappa shape index (κ2) is 7.18. The Labute approximate surface area is 167 Å². The van der Waals surface area contributed by atoms with Crippen molar-refractivity contribution >= 4 is 32.7 Å². The lowest BCUT2D eigenvalue weighted by Crippen LogP contribution is -2.11. The van der Waals surface area contributed by atoms with E-state index in [0.29, 0.717) is 12.2 Å². The number of unbranched alkanes of at least 4 members (excludes halogenated alkanes) is 1. The van der Waals surface area contributed by atoms with E-state index in [-0.39, 0.29) is 5.56 Å². The number of para-hydroxylation sites is 1. The van der Waals surface area contributed by atoms with Gasteiger partial charge in [-0.15, -0.1) is 0 Å². The van der Waals surface area contributed by atoms with Crippen LogP contribution in [0.15, 0.2) is 71.7 Å². The molecule has 5 nitrogen and oxygen atoms in total. The molecule has 2 aromatic heterocycles. The predicted octanol–water partition coefficient (Wildman–Crippen LogP) is 4.44. The normalized spacial score (nSPS) is 11.6. The zero-order chi connectivity index (χ0) is 19.8. The van der Waals surface area contributed by atoms with Crippen LogP contribution in [-0.2, 0) is 6.54 Å². The molecule has 0 saturated carbocycles. The Bertz CT molecular complexity index is 1400. The number of hydrogen-bond acceptors (Lipinski definition) is 3. The summed E-state index contributed by atoms with van der Waals surface area (Å²) < 4.78 is 2.20. The van der Waals surface area contributed by atoms with Crippen LogP contribution in [0.25, 0.3) is 44.0 Å². The number of nitrogens with zero attached hydrogens (tertiary/aromatic N) is 2. The number of rotatable bonds is 5. The Hall–Kier alpha value is -3.44. The van der Waals surface area contributed by atoms with Crippen molar-refractivity contribution in [2.75, 3.05) is 6.54 Å². The molecule has 0 saturated heterocycles. The molecule has 0 bridgehead atoms. The van der Waals surface area contributed by atoms with Crippen molar-refractivity contribution in [2.45, 2.75) is 19.4 Å². The lowest BCUT2D eigenvalue weighted by Gasteiger charge is -2.04. The van der Waals surface area contributed by atoms with Gasteiger partial charge in [0, 0.05) is 29.2 Å². The summed E-state index contributed by atoms with van der Waals surface area (Å²) in [4.78, 5) is 20.7. The SMILES string of the molecule is NCCCCn1cc(-c2nc3cc4ccccc4cc3[nH]c2=O)c2ccccc21. The minimum absolute atomic E-state index is 0.169. The second-order valence-electron chi connectivity index (χ2n) is 7.38. The lowest BCUT2D eigenvalue weighted by atomic mass is 10.1. The van der Waals surface area contributed by atoms with Gasteiger partial charge in [-0.3, -0.25) is 4.79 Å². The minimum atomic E-state index is -0.169. The topological polar surface area (TPSA) is 76.7 Å². The first-order valence-corrected chi connectivity index (χ1v) is 9.96. The van der Waals surface area contributed by atoms with Crippen LogP contribution >= 0.6 is 0 Å². The molecule has 5 aromatic rings. The summed E-state index contributed by atoms with van der Waals surface area (Å²) in [6.07, 6.45) is 4.03. The highest BCUT2D eigenvalue weighted by molar-refractivity contribution is 5.98. The van der Waals surface area contributed by atoms with Gasteiger partial charge in [-0.2, -0.15) is 0 Å². The highest BCUT2D eigenvalue weighted by Crippen LogP contribution is 2.29. The van der Waals surface area contributed by atoms with Gasteiger partial charge in [0.25, 0.3) is 5.56 Å². The van der Waals surface area contributed by atoms with Gasteiger partial charge in [-0.1, -0.05) is 42.5 Å². The van der Waals surface area contributed by atoms with Gasteiger partial charge in [0.15, 0.2) is 0 Å². The summed E-state index contributed by atoms with van der Waals surface area (Å²) in [5.74, 6) is 0. The number of aromatic nitrogens is 3. The number of fused-ring (bicyclic) bond motifs is 3. The Balaban J connectivity index is 1.70. The van der Waals surface area contributed by atoms with Crippen LogP contribution in [0, 0.1) is 0 Å². The molecule has 0 atom stereocenters. The number of nitrogens with two attached hydrogens (primary N) is 1. The third kappa shape index (κ3) is 3.09. The zero-order valence-corrected chi connectivity index (χ0v) is 16.1. The number of benzene rings is 3. The maximum absolute atomic E-state index is 12.9. The molecular weight excluding hydrogens is 360 g/mol. The first-order valence-electron chi connectivity index (χ1n) is 9.96. The third-order valence-electron chi connectivity index (χ3n) is 5.46. The third-order valence-corrected chi connectivity index (χ3v) is 5.46. The molecular formula is C24H22N4O. The van der Waals surface area contributed by atoms with Crippen LogP contribution in [0.2, 0.25) is 0 Å². The number of nitrogens with one attached hydrogen (secondary N) is 1. The van der Waals surface area contributed by atoms with Crippen molar-refractivity contribution < 1.29 is 0 Å². The largest absolute Gasteiger partial charge is 0.347 e. The van der Waals surface area contributed by atoms with E-state index in [1.54, 1.807) is 0 Å². The fourth-order valence-electron chi connectivity index (χ4n) is 4.00. The van der Waals surface area contributed by atoms with Gasteiger partial charge in [0.2, 0.25) is 0 Å².